The molecule has 0 amide bonds. The third-order valence-corrected chi connectivity index (χ3v) is 3.41. The van der Waals surface area contributed by atoms with Gasteiger partial charge in [0.25, 0.3) is 5.89 Å². The maximum atomic E-state index is 5.38. The zero-order chi connectivity index (χ0) is 16.2. The standard InChI is InChI=1S/C17H13N5O2/c1-2-5-12(6-3-1)15-21-17(24-22-15)14-10-18-11-20-16(14)19-9-13-7-4-8-23-13/h1-8,10-11H,9H2,(H,18,19,20). The molecule has 0 atom stereocenters. The first kappa shape index (κ1) is 14.1. The number of hydrogen-bond acceptors (Lipinski definition) is 7. The summed E-state index contributed by atoms with van der Waals surface area (Å²) in [6.07, 6.45) is 4.73. The van der Waals surface area contributed by atoms with Crippen LogP contribution in [0.3, 0.4) is 0 Å². The molecule has 0 spiro atoms. The molecule has 0 saturated heterocycles. The van der Waals surface area contributed by atoms with Crippen molar-refractivity contribution in [1.29, 1.82) is 0 Å². The third kappa shape index (κ3) is 2.87. The average Bonchev–Trinajstić information content (AvgIpc) is 3.33. The Morgan fingerprint density at radius 1 is 1.04 bits per heavy atom. The molecule has 7 nitrogen and oxygen atoms in total. The Bertz CT molecular complexity index is 919. The van der Waals surface area contributed by atoms with Crippen molar-refractivity contribution in [3.05, 3.63) is 67.0 Å². The van der Waals surface area contributed by atoms with Gasteiger partial charge in [-0.1, -0.05) is 35.5 Å². The molecule has 24 heavy (non-hydrogen) atoms. The number of anilines is 1. The van der Waals surface area contributed by atoms with Crippen molar-refractivity contribution in [2.24, 2.45) is 0 Å². The molecule has 0 radical (unpaired) electrons. The lowest BCUT2D eigenvalue weighted by atomic mass is 10.2. The van der Waals surface area contributed by atoms with Gasteiger partial charge in [0.1, 0.15) is 23.5 Å². The Hall–Kier alpha value is -3.48. The number of aromatic nitrogens is 4. The van der Waals surface area contributed by atoms with Crippen LogP contribution in [-0.2, 0) is 6.54 Å². The van der Waals surface area contributed by atoms with Crippen LogP contribution in [-0.4, -0.2) is 20.1 Å². The maximum Gasteiger partial charge on any atom is 0.263 e. The van der Waals surface area contributed by atoms with Crippen molar-refractivity contribution in [1.82, 2.24) is 20.1 Å². The number of furan rings is 1. The van der Waals surface area contributed by atoms with Crippen LogP contribution in [0, 0.1) is 0 Å². The van der Waals surface area contributed by atoms with Gasteiger partial charge in [-0.25, -0.2) is 9.97 Å². The zero-order valence-electron chi connectivity index (χ0n) is 12.6. The van der Waals surface area contributed by atoms with Gasteiger partial charge in [0, 0.05) is 11.8 Å². The number of nitrogens with one attached hydrogen (secondary N) is 1. The molecule has 0 unspecified atom stereocenters. The van der Waals surface area contributed by atoms with Gasteiger partial charge in [-0.15, -0.1) is 0 Å². The van der Waals surface area contributed by atoms with Gasteiger partial charge in [0.05, 0.1) is 12.8 Å². The summed E-state index contributed by atoms with van der Waals surface area (Å²) in [4.78, 5) is 12.7. The molecule has 0 fully saturated rings. The molecule has 0 bridgehead atoms. The first-order chi connectivity index (χ1) is 11.9. The Morgan fingerprint density at radius 2 is 1.96 bits per heavy atom. The third-order valence-electron chi connectivity index (χ3n) is 3.41. The van der Waals surface area contributed by atoms with Gasteiger partial charge in [0.2, 0.25) is 5.82 Å². The summed E-state index contributed by atoms with van der Waals surface area (Å²) in [6.45, 7) is 0.497. The van der Waals surface area contributed by atoms with Crippen molar-refractivity contribution in [2.45, 2.75) is 6.54 Å². The predicted molar refractivity (Wildman–Crippen MR) is 86.8 cm³/mol. The van der Waals surface area contributed by atoms with E-state index >= 15 is 0 Å². The molecule has 4 rings (SSSR count). The summed E-state index contributed by atoms with van der Waals surface area (Å²) in [5.74, 6) is 2.28. The number of rotatable bonds is 5. The van der Waals surface area contributed by atoms with Crippen LogP contribution in [0.25, 0.3) is 22.8 Å². The van der Waals surface area contributed by atoms with E-state index in [0.29, 0.717) is 29.6 Å². The molecule has 4 aromatic rings. The van der Waals surface area contributed by atoms with Crippen molar-refractivity contribution in [2.75, 3.05) is 5.32 Å². The van der Waals surface area contributed by atoms with E-state index in [1.54, 1.807) is 12.5 Å². The van der Waals surface area contributed by atoms with Gasteiger partial charge in [0.15, 0.2) is 0 Å². The highest BCUT2D eigenvalue weighted by Crippen LogP contribution is 2.26. The molecule has 0 aliphatic heterocycles. The molecular formula is C17H13N5O2. The lowest BCUT2D eigenvalue weighted by molar-refractivity contribution is 0.432. The molecular weight excluding hydrogens is 306 g/mol. The van der Waals surface area contributed by atoms with Crippen LogP contribution in [0.1, 0.15) is 5.76 Å². The van der Waals surface area contributed by atoms with E-state index in [4.69, 9.17) is 8.94 Å². The Labute approximate surface area is 137 Å². The van der Waals surface area contributed by atoms with Gasteiger partial charge in [-0.3, -0.25) is 0 Å². The smallest absolute Gasteiger partial charge is 0.263 e. The van der Waals surface area contributed by atoms with E-state index in [9.17, 15) is 0 Å². The van der Waals surface area contributed by atoms with E-state index in [-0.39, 0.29) is 0 Å². The van der Waals surface area contributed by atoms with Gasteiger partial charge < -0.3 is 14.3 Å². The van der Waals surface area contributed by atoms with Crippen LogP contribution in [0.4, 0.5) is 5.82 Å². The highest BCUT2D eigenvalue weighted by molar-refractivity contribution is 5.69. The second-order valence-corrected chi connectivity index (χ2v) is 5.01. The maximum absolute atomic E-state index is 5.38. The minimum Gasteiger partial charge on any atom is -0.467 e. The molecule has 1 N–H and O–H groups in total. The largest absolute Gasteiger partial charge is 0.467 e. The van der Waals surface area contributed by atoms with E-state index in [0.717, 1.165) is 11.3 Å². The predicted octanol–water partition coefficient (Wildman–Crippen LogP) is 3.40. The van der Waals surface area contributed by atoms with Crippen molar-refractivity contribution in [3.8, 4) is 22.8 Å². The van der Waals surface area contributed by atoms with Crippen molar-refractivity contribution < 1.29 is 8.94 Å². The Kier molecular flexibility index (Phi) is 3.73. The number of nitrogens with zero attached hydrogens (tertiary/aromatic N) is 4. The summed E-state index contributed by atoms with van der Waals surface area (Å²) in [5.41, 5.74) is 1.52. The number of hydrogen-bond donors (Lipinski definition) is 1. The highest BCUT2D eigenvalue weighted by atomic mass is 16.5. The fraction of sp³-hybridized carbons (Fsp3) is 0.0588. The SMILES string of the molecule is c1ccc(-c2noc(-c3cncnc3NCc3ccco3)n2)cc1. The zero-order valence-corrected chi connectivity index (χ0v) is 12.6. The van der Waals surface area contributed by atoms with E-state index in [2.05, 4.69) is 25.4 Å². The normalized spacial score (nSPS) is 10.7. The molecule has 7 heteroatoms. The second-order valence-electron chi connectivity index (χ2n) is 5.01. The van der Waals surface area contributed by atoms with E-state index < -0.39 is 0 Å². The lowest BCUT2D eigenvalue weighted by Gasteiger charge is -2.06. The minimum atomic E-state index is 0.358. The summed E-state index contributed by atoms with van der Waals surface area (Å²) in [5, 5.41) is 7.22. The minimum absolute atomic E-state index is 0.358. The first-order valence-corrected chi connectivity index (χ1v) is 7.36. The summed E-state index contributed by atoms with van der Waals surface area (Å²) < 4.78 is 10.7. The highest BCUT2D eigenvalue weighted by Gasteiger charge is 2.15. The quantitative estimate of drug-likeness (QED) is 0.603. The lowest BCUT2D eigenvalue weighted by Crippen LogP contribution is -2.02. The molecule has 1 aromatic carbocycles. The monoisotopic (exact) mass is 319 g/mol. The molecule has 118 valence electrons. The fourth-order valence-electron chi connectivity index (χ4n) is 2.25. The van der Waals surface area contributed by atoms with E-state index in [1.165, 1.54) is 6.33 Å². The fourth-order valence-corrected chi connectivity index (χ4v) is 2.25. The first-order valence-electron chi connectivity index (χ1n) is 7.36. The van der Waals surface area contributed by atoms with Crippen LogP contribution >= 0.6 is 0 Å². The van der Waals surface area contributed by atoms with Crippen LogP contribution in [0.2, 0.25) is 0 Å². The average molecular weight is 319 g/mol. The van der Waals surface area contributed by atoms with Crippen LogP contribution < -0.4 is 5.32 Å². The van der Waals surface area contributed by atoms with Gasteiger partial charge in [-0.05, 0) is 12.1 Å². The molecule has 3 aromatic heterocycles. The van der Waals surface area contributed by atoms with Crippen LogP contribution in [0.15, 0.2) is 70.2 Å². The molecule has 0 aliphatic rings. The molecule has 0 aliphatic carbocycles. The second kappa shape index (κ2) is 6.33. The van der Waals surface area contributed by atoms with Gasteiger partial charge in [-0.2, -0.15) is 4.98 Å². The Morgan fingerprint density at radius 3 is 2.79 bits per heavy atom. The topological polar surface area (TPSA) is 89.9 Å². The number of benzene rings is 1. The van der Waals surface area contributed by atoms with Gasteiger partial charge >= 0.3 is 0 Å². The summed E-state index contributed by atoms with van der Waals surface area (Å²) >= 11 is 0. The van der Waals surface area contributed by atoms with Crippen LogP contribution in [0.5, 0.6) is 0 Å². The Balaban J connectivity index is 1.61. The van der Waals surface area contributed by atoms with Crippen molar-refractivity contribution in [3.63, 3.8) is 0 Å². The van der Waals surface area contributed by atoms with E-state index in [1.807, 2.05) is 42.5 Å². The molecule has 3 heterocycles. The summed E-state index contributed by atoms with van der Waals surface area (Å²) in [6, 6.07) is 13.3. The molecule has 0 saturated carbocycles. The van der Waals surface area contributed by atoms with Crippen molar-refractivity contribution >= 4 is 5.82 Å². The summed E-state index contributed by atoms with van der Waals surface area (Å²) in [7, 11) is 0.